The first kappa shape index (κ1) is 13.4. The van der Waals surface area contributed by atoms with E-state index in [0.29, 0.717) is 12.1 Å². The van der Waals surface area contributed by atoms with Crippen LogP contribution < -0.4 is 5.32 Å². The molecule has 1 aromatic carbocycles. The van der Waals surface area contributed by atoms with Crippen molar-refractivity contribution in [3.05, 3.63) is 29.8 Å². The van der Waals surface area contributed by atoms with Gasteiger partial charge in [0, 0.05) is 22.4 Å². The van der Waals surface area contributed by atoms with Crippen molar-refractivity contribution in [1.29, 1.82) is 0 Å². The number of benzene rings is 1. The Kier molecular flexibility index (Phi) is 4.30. The first-order chi connectivity index (χ1) is 8.69. The molecule has 0 unspecified atom stereocenters. The Morgan fingerprint density at radius 3 is 2.56 bits per heavy atom. The van der Waals surface area contributed by atoms with Crippen molar-refractivity contribution in [2.24, 2.45) is 5.41 Å². The smallest absolute Gasteiger partial charge is 0.251 e. The largest absolute Gasteiger partial charge is 0.396 e. The second-order valence-corrected chi connectivity index (χ2v) is 6.14. The third-order valence-electron chi connectivity index (χ3n) is 3.34. The summed E-state index contributed by atoms with van der Waals surface area (Å²) in [6.07, 6.45) is 2.02. The van der Waals surface area contributed by atoms with Gasteiger partial charge in [-0.2, -0.15) is 0 Å². The molecule has 1 aliphatic rings. The SMILES string of the molecule is CCSc1ccc(C(=O)NCC2(CO)CC2)cc1. The van der Waals surface area contributed by atoms with Gasteiger partial charge in [-0.05, 0) is 42.9 Å². The van der Waals surface area contributed by atoms with Crippen LogP contribution >= 0.6 is 11.8 Å². The molecule has 0 saturated heterocycles. The fourth-order valence-corrected chi connectivity index (χ4v) is 2.47. The lowest BCUT2D eigenvalue weighted by atomic mass is 10.1. The summed E-state index contributed by atoms with van der Waals surface area (Å²) in [5.41, 5.74) is 0.650. The van der Waals surface area contributed by atoms with Crippen molar-refractivity contribution in [3.8, 4) is 0 Å². The predicted molar refractivity (Wildman–Crippen MR) is 73.9 cm³/mol. The predicted octanol–water partition coefficient (Wildman–Crippen LogP) is 2.30. The molecular weight excluding hydrogens is 246 g/mol. The third-order valence-corrected chi connectivity index (χ3v) is 4.24. The molecule has 0 radical (unpaired) electrons. The first-order valence-electron chi connectivity index (χ1n) is 6.31. The van der Waals surface area contributed by atoms with E-state index in [9.17, 15) is 9.90 Å². The molecule has 1 aliphatic carbocycles. The highest BCUT2D eigenvalue weighted by Crippen LogP contribution is 2.44. The van der Waals surface area contributed by atoms with Crippen LogP contribution in [-0.4, -0.2) is 29.9 Å². The zero-order valence-electron chi connectivity index (χ0n) is 10.6. The molecular formula is C14H19NO2S. The summed E-state index contributed by atoms with van der Waals surface area (Å²) < 4.78 is 0. The van der Waals surface area contributed by atoms with E-state index in [4.69, 9.17) is 0 Å². The van der Waals surface area contributed by atoms with Gasteiger partial charge in [0.05, 0.1) is 6.61 Å². The first-order valence-corrected chi connectivity index (χ1v) is 7.29. The topological polar surface area (TPSA) is 49.3 Å². The molecule has 1 aromatic rings. The number of amides is 1. The van der Waals surface area contributed by atoms with Crippen LogP contribution in [0.25, 0.3) is 0 Å². The molecule has 0 bridgehead atoms. The minimum Gasteiger partial charge on any atom is -0.396 e. The van der Waals surface area contributed by atoms with Crippen LogP contribution in [0.1, 0.15) is 30.1 Å². The van der Waals surface area contributed by atoms with Gasteiger partial charge in [0.25, 0.3) is 5.91 Å². The summed E-state index contributed by atoms with van der Waals surface area (Å²) in [5.74, 6) is 0.979. The molecule has 2 N–H and O–H groups in total. The molecule has 18 heavy (non-hydrogen) atoms. The summed E-state index contributed by atoms with van der Waals surface area (Å²) in [5, 5.41) is 12.1. The lowest BCUT2D eigenvalue weighted by molar-refractivity contribution is 0.0935. The monoisotopic (exact) mass is 265 g/mol. The van der Waals surface area contributed by atoms with Crippen LogP contribution in [0.5, 0.6) is 0 Å². The number of rotatable bonds is 6. The van der Waals surface area contributed by atoms with Crippen LogP contribution in [-0.2, 0) is 0 Å². The molecule has 2 rings (SSSR count). The number of thioether (sulfide) groups is 1. The quantitative estimate of drug-likeness (QED) is 0.776. The average molecular weight is 265 g/mol. The zero-order chi connectivity index (χ0) is 13.0. The maximum absolute atomic E-state index is 11.9. The maximum Gasteiger partial charge on any atom is 0.251 e. The van der Waals surface area contributed by atoms with Gasteiger partial charge in [0.15, 0.2) is 0 Å². The molecule has 0 spiro atoms. The minimum absolute atomic E-state index is 0.0341. The Morgan fingerprint density at radius 2 is 2.06 bits per heavy atom. The fourth-order valence-electron chi connectivity index (χ4n) is 1.81. The van der Waals surface area contributed by atoms with Gasteiger partial charge in [-0.1, -0.05) is 6.92 Å². The van der Waals surface area contributed by atoms with E-state index in [1.807, 2.05) is 24.3 Å². The van der Waals surface area contributed by atoms with E-state index >= 15 is 0 Å². The van der Waals surface area contributed by atoms with Crippen LogP contribution in [0.2, 0.25) is 0 Å². The third kappa shape index (κ3) is 3.27. The molecule has 98 valence electrons. The molecule has 0 aliphatic heterocycles. The van der Waals surface area contributed by atoms with Gasteiger partial charge >= 0.3 is 0 Å². The Labute approximate surface area is 112 Å². The Balaban J connectivity index is 1.88. The van der Waals surface area contributed by atoms with Crippen molar-refractivity contribution >= 4 is 17.7 Å². The molecule has 1 fully saturated rings. The normalized spacial score (nSPS) is 16.3. The van der Waals surface area contributed by atoms with E-state index in [0.717, 1.165) is 18.6 Å². The summed E-state index contributed by atoms with van der Waals surface area (Å²) in [7, 11) is 0. The van der Waals surface area contributed by atoms with Gasteiger partial charge < -0.3 is 10.4 Å². The maximum atomic E-state index is 11.9. The van der Waals surface area contributed by atoms with Gasteiger partial charge in [0.2, 0.25) is 0 Å². The lowest BCUT2D eigenvalue weighted by Crippen LogP contribution is -2.31. The highest BCUT2D eigenvalue weighted by Gasteiger charge is 2.42. The van der Waals surface area contributed by atoms with Gasteiger partial charge in [-0.15, -0.1) is 11.8 Å². The van der Waals surface area contributed by atoms with E-state index in [1.165, 1.54) is 4.90 Å². The summed E-state index contributed by atoms with van der Waals surface area (Å²) in [4.78, 5) is 13.1. The van der Waals surface area contributed by atoms with Crippen LogP contribution in [0.15, 0.2) is 29.2 Å². The fraction of sp³-hybridized carbons (Fsp3) is 0.500. The van der Waals surface area contributed by atoms with E-state index in [2.05, 4.69) is 12.2 Å². The molecule has 1 saturated carbocycles. The van der Waals surface area contributed by atoms with E-state index < -0.39 is 0 Å². The number of hydrogen-bond donors (Lipinski definition) is 2. The zero-order valence-corrected chi connectivity index (χ0v) is 11.4. The summed E-state index contributed by atoms with van der Waals surface area (Å²) in [6, 6.07) is 7.65. The number of nitrogens with one attached hydrogen (secondary N) is 1. The van der Waals surface area contributed by atoms with Crippen LogP contribution in [0.3, 0.4) is 0 Å². The Morgan fingerprint density at radius 1 is 1.39 bits per heavy atom. The molecule has 0 atom stereocenters. The minimum atomic E-state index is -0.0530. The standard InChI is InChI=1S/C14H19NO2S/c1-2-18-12-5-3-11(4-6-12)13(17)15-9-14(10-16)7-8-14/h3-6,16H,2,7-10H2,1H3,(H,15,17). The molecule has 1 amide bonds. The van der Waals surface area contributed by atoms with Crippen molar-refractivity contribution in [3.63, 3.8) is 0 Å². The summed E-state index contributed by atoms with van der Waals surface area (Å²) in [6.45, 7) is 2.85. The van der Waals surface area contributed by atoms with Gasteiger partial charge in [-0.25, -0.2) is 0 Å². The Bertz CT molecular complexity index is 412. The van der Waals surface area contributed by atoms with Gasteiger partial charge in [-0.3, -0.25) is 4.79 Å². The average Bonchev–Trinajstić information content (AvgIpc) is 3.18. The number of hydrogen-bond acceptors (Lipinski definition) is 3. The molecule has 0 aromatic heterocycles. The molecule has 3 nitrogen and oxygen atoms in total. The van der Waals surface area contributed by atoms with E-state index in [-0.39, 0.29) is 17.9 Å². The van der Waals surface area contributed by atoms with Crippen molar-refractivity contribution in [2.45, 2.75) is 24.7 Å². The highest BCUT2D eigenvalue weighted by atomic mass is 32.2. The van der Waals surface area contributed by atoms with Gasteiger partial charge in [0.1, 0.15) is 0 Å². The molecule has 4 heteroatoms. The summed E-state index contributed by atoms with van der Waals surface area (Å²) >= 11 is 1.76. The van der Waals surface area contributed by atoms with E-state index in [1.54, 1.807) is 11.8 Å². The number of carbonyl (C=O) groups is 1. The number of carbonyl (C=O) groups excluding carboxylic acids is 1. The second kappa shape index (κ2) is 5.76. The molecule has 0 heterocycles. The van der Waals surface area contributed by atoms with Crippen molar-refractivity contribution in [1.82, 2.24) is 5.32 Å². The number of aliphatic hydroxyl groups is 1. The lowest BCUT2D eigenvalue weighted by Gasteiger charge is -2.12. The number of aliphatic hydroxyl groups excluding tert-OH is 1. The van der Waals surface area contributed by atoms with Crippen molar-refractivity contribution < 1.29 is 9.90 Å². The van der Waals surface area contributed by atoms with Crippen LogP contribution in [0.4, 0.5) is 0 Å². The highest BCUT2D eigenvalue weighted by molar-refractivity contribution is 7.99. The van der Waals surface area contributed by atoms with Crippen molar-refractivity contribution in [2.75, 3.05) is 18.9 Å². The Hall–Kier alpha value is -1.00. The second-order valence-electron chi connectivity index (χ2n) is 4.80. The van der Waals surface area contributed by atoms with Crippen LogP contribution in [0, 0.1) is 5.41 Å².